The predicted octanol–water partition coefficient (Wildman–Crippen LogP) is 2.54. The van der Waals surface area contributed by atoms with Crippen LogP contribution in [-0.2, 0) is 4.74 Å². The molecule has 1 N–H and O–H groups in total. The average molecular weight is 227 g/mol. The molecule has 2 rings (SSSR count). The van der Waals surface area contributed by atoms with Crippen LogP contribution >= 0.6 is 11.6 Å². The van der Waals surface area contributed by atoms with Crippen molar-refractivity contribution in [1.29, 1.82) is 0 Å². The molecule has 5 heteroatoms. The van der Waals surface area contributed by atoms with E-state index in [2.05, 4.69) is 10.3 Å². The number of aromatic nitrogens is 1. The van der Waals surface area contributed by atoms with Gasteiger partial charge in [-0.2, -0.15) is 4.98 Å². The normalized spacial score (nSPS) is 10.8. The van der Waals surface area contributed by atoms with Gasteiger partial charge in [0, 0.05) is 18.7 Å². The quantitative estimate of drug-likeness (QED) is 0.814. The molecular formula is C10H11ClN2O2. The van der Waals surface area contributed by atoms with E-state index in [4.69, 9.17) is 20.8 Å². The number of methoxy groups -OCH3 is 1. The van der Waals surface area contributed by atoms with Crippen molar-refractivity contribution in [2.45, 2.75) is 0 Å². The van der Waals surface area contributed by atoms with E-state index in [9.17, 15) is 0 Å². The monoisotopic (exact) mass is 226 g/mol. The van der Waals surface area contributed by atoms with Crippen LogP contribution in [0, 0.1) is 0 Å². The number of hydrogen-bond donors (Lipinski definition) is 1. The van der Waals surface area contributed by atoms with E-state index in [1.807, 2.05) is 0 Å². The number of fused-ring (bicyclic) bond motifs is 1. The summed E-state index contributed by atoms with van der Waals surface area (Å²) in [7, 11) is 1.65. The third-order valence-corrected chi connectivity index (χ3v) is 2.17. The molecule has 0 bridgehead atoms. The molecule has 0 saturated carbocycles. The van der Waals surface area contributed by atoms with Crippen molar-refractivity contribution < 1.29 is 9.15 Å². The van der Waals surface area contributed by atoms with Crippen molar-refractivity contribution in [3.05, 3.63) is 23.2 Å². The second-order valence-electron chi connectivity index (χ2n) is 3.05. The van der Waals surface area contributed by atoms with Crippen LogP contribution in [-0.4, -0.2) is 25.2 Å². The lowest BCUT2D eigenvalue weighted by molar-refractivity contribution is 0.210. The second kappa shape index (κ2) is 4.51. The van der Waals surface area contributed by atoms with Crippen molar-refractivity contribution in [3.8, 4) is 0 Å². The van der Waals surface area contributed by atoms with Gasteiger partial charge in [0.2, 0.25) is 0 Å². The number of ether oxygens (including phenoxy) is 1. The molecule has 0 fully saturated rings. The van der Waals surface area contributed by atoms with Crippen LogP contribution in [0.2, 0.25) is 5.02 Å². The molecule has 0 amide bonds. The van der Waals surface area contributed by atoms with Gasteiger partial charge in [0.15, 0.2) is 5.58 Å². The molecule has 0 unspecified atom stereocenters. The molecule has 1 aromatic heterocycles. The Bertz CT molecular complexity index is 456. The van der Waals surface area contributed by atoms with Crippen LogP contribution in [0.3, 0.4) is 0 Å². The fraction of sp³-hybridized carbons (Fsp3) is 0.300. The first-order valence-corrected chi connectivity index (χ1v) is 4.96. The highest BCUT2D eigenvalue weighted by atomic mass is 35.5. The molecule has 1 heterocycles. The van der Waals surface area contributed by atoms with Crippen molar-refractivity contribution in [1.82, 2.24) is 4.98 Å². The largest absolute Gasteiger partial charge is 0.424 e. The summed E-state index contributed by atoms with van der Waals surface area (Å²) >= 11 is 5.83. The minimum absolute atomic E-state index is 0.490. The standard InChI is InChI=1S/C10H11ClN2O2/c1-14-5-4-12-10-13-8-6-7(11)2-3-9(8)15-10/h2-3,6H,4-5H2,1H3,(H,12,13). The Hall–Kier alpha value is -1.26. The van der Waals surface area contributed by atoms with Gasteiger partial charge < -0.3 is 14.5 Å². The van der Waals surface area contributed by atoms with E-state index in [1.165, 1.54) is 0 Å². The summed E-state index contributed by atoms with van der Waals surface area (Å²) in [6.45, 7) is 1.27. The fourth-order valence-electron chi connectivity index (χ4n) is 1.24. The summed E-state index contributed by atoms with van der Waals surface area (Å²) in [5, 5.41) is 3.66. The molecule has 0 aliphatic heterocycles. The molecule has 0 aliphatic rings. The second-order valence-corrected chi connectivity index (χ2v) is 3.49. The molecule has 0 spiro atoms. The summed E-state index contributed by atoms with van der Waals surface area (Å²) < 4.78 is 10.3. The molecular weight excluding hydrogens is 216 g/mol. The maximum absolute atomic E-state index is 5.83. The van der Waals surface area contributed by atoms with E-state index in [1.54, 1.807) is 25.3 Å². The third kappa shape index (κ3) is 2.40. The van der Waals surface area contributed by atoms with Gasteiger partial charge in [0.05, 0.1) is 6.61 Å². The Morgan fingerprint density at radius 3 is 3.20 bits per heavy atom. The van der Waals surface area contributed by atoms with Crippen LogP contribution in [0.1, 0.15) is 0 Å². The highest BCUT2D eigenvalue weighted by molar-refractivity contribution is 6.31. The number of benzene rings is 1. The van der Waals surface area contributed by atoms with Crippen molar-refractivity contribution in [3.63, 3.8) is 0 Å². The maximum Gasteiger partial charge on any atom is 0.295 e. The van der Waals surface area contributed by atoms with Crippen LogP contribution in [0.25, 0.3) is 11.1 Å². The number of nitrogens with one attached hydrogen (secondary N) is 1. The molecule has 0 saturated heterocycles. The first kappa shape index (κ1) is 10.3. The van der Waals surface area contributed by atoms with Gasteiger partial charge in [-0.05, 0) is 18.2 Å². The van der Waals surface area contributed by atoms with Gasteiger partial charge in [0.25, 0.3) is 6.01 Å². The molecule has 4 nitrogen and oxygen atoms in total. The summed E-state index contributed by atoms with van der Waals surface area (Å²) in [4.78, 5) is 4.23. The van der Waals surface area contributed by atoms with Crippen molar-refractivity contribution in [2.75, 3.05) is 25.6 Å². The number of anilines is 1. The van der Waals surface area contributed by atoms with Gasteiger partial charge in [0.1, 0.15) is 5.52 Å². The summed E-state index contributed by atoms with van der Waals surface area (Å²) in [6.07, 6.45) is 0. The Balaban J connectivity index is 2.16. The molecule has 15 heavy (non-hydrogen) atoms. The lowest BCUT2D eigenvalue weighted by atomic mass is 10.3. The highest BCUT2D eigenvalue weighted by Gasteiger charge is 2.04. The van der Waals surface area contributed by atoms with Crippen molar-refractivity contribution >= 4 is 28.7 Å². The third-order valence-electron chi connectivity index (χ3n) is 1.93. The van der Waals surface area contributed by atoms with Crippen molar-refractivity contribution in [2.24, 2.45) is 0 Å². The first-order chi connectivity index (χ1) is 7.29. The van der Waals surface area contributed by atoms with Gasteiger partial charge in [-0.1, -0.05) is 11.6 Å². The van der Waals surface area contributed by atoms with E-state index < -0.39 is 0 Å². The van der Waals surface area contributed by atoms with Crippen LogP contribution in [0.15, 0.2) is 22.6 Å². The number of oxazole rings is 1. The van der Waals surface area contributed by atoms with Crippen LogP contribution in [0.4, 0.5) is 6.01 Å². The average Bonchev–Trinajstić information content (AvgIpc) is 2.60. The smallest absolute Gasteiger partial charge is 0.295 e. The van der Waals surface area contributed by atoms with E-state index >= 15 is 0 Å². The van der Waals surface area contributed by atoms with E-state index in [-0.39, 0.29) is 0 Å². The molecule has 0 aliphatic carbocycles. The number of hydrogen-bond acceptors (Lipinski definition) is 4. The topological polar surface area (TPSA) is 47.3 Å². The molecule has 0 radical (unpaired) electrons. The Kier molecular flexibility index (Phi) is 3.08. The number of halogens is 1. The highest BCUT2D eigenvalue weighted by Crippen LogP contribution is 2.21. The number of rotatable bonds is 4. The van der Waals surface area contributed by atoms with Crippen LogP contribution in [0.5, 0.6) is 0 Å². The molecule has 1 aromatic carbocycles. The zero-order chi connectivity index (χ0) is 10.7. The predicted molar refractivity (Wildman–Crippen MR) is 59.4 cm³/mol. The lowest BCUT2D eigenvalue weighted by Crippen LogP contribution is -2.07. The fourth-order valence-corrected chi connectivity index (χ4v) is 1.40. The molecule has 0 atom stereocenters. The summed E-state index contributed by atoms with van der Waals surface area (Å²) in [6, 6.07) is 5.83. The van der Waals surface area contributed by atoms with E-state index in [0.29, 0.717) is 24.2 Å². The molecule has 80 valence electrons. The lowest BCUT2D eigenvalue weighted by Gasteiger charge is -1.98. The van der Waals surface area contributed by atoms with Gasteiger partial charge in [-0.15, -0.1) is 0 Å². The summed E-state index contributed by atoms with van der Waals surface area (Å²) in [5.74, 6) is 0. The summed E-state index contributed by atoms with van der Waals surface area (Å²) in [5.41, 5.74) is 1.47. The van der Waals surface area contributed by atoms with Crippen LogP contribution < -0.4 is 5.32 Å². The Morgan fingerprint density at radius 2 is 2.40 bits per heavy atom. The van der Waals surface area contributed by atoms with Gasteiger partial charge in [-0.25, -0.2) is 0 Å². The number of nitrogens with zero attached hydrogens (tertiary/aromatic N) is 1. The van der Waals surface area contributed by atoms with E-state index in [0.717, 1.165) is 11.1 Å². The first-order valence-electron chi connectivity index (χ1n) is 4.58. The maximum atomic E-state index is 5.83. The Labute approximate surface area is 92.2 Å². The Morgan fingerprint density at radius 1 is 1.53 bits per heavy atom. The SMILES string of the molecule is COCCNc1nc2cc(Cl)ccc2o1. The molecule has 2 aromatic rings. The zero-order valence-electron chi connectivity index (χ0n) is 8.29. The van der Waals surface area contributed by atoms with Gasteiger partial charge in [-0.3, -0.25) is 0 Å². The minimum atomic E-state index is 0.490. The zero-order valence-corrected chi connectivity index (χ0v) is 9.04. The van der Waals surface area contributed by atoms with Gasteiger partial charge >= 0.3 is 0 Å². The minimum Gasteiger partial charge on any atom is -0.424 e.